The SMILES string of the molecule is O=C(Cc1csc(N2CCCC2=O)n1)NCc1ccccc1-c1ccc(Cn2cccn2)cc1. The Morgan fingerprint density at radius 1 is 1.09 bits per heavy atom. The normalized spacial score (nSPS) is 13.4. The number of anilines is 1. The third-order valence-electron chi connectivity index (χ3n) is 5.85. The predicted octanol–water partition coefficient (Wildman–Crippen LogP) is 4.04. The minimum absolute atomic E-state index is 0.0889. The summed E-state index contributed by atoms with van der Waals surface area (Å²) in [5, 5.41) is 9.82. The second kappa shape index (κ2) is 10.0. The summed E-state index contributed by atoms with van der Waals surface area (Å²) in [7, 11) is 0. The van der Waals surface area contributed by atoms with Crippen LogP contribution in [0.2, 0.25) is 0 Å². The van der Waals surface area contributed by atoms with E-state index in [-0.39, 0.29) is 18.2 Å². The molecule has 1 aliphatic heterocycles. The standard InChI is InChI=1S/C26H25N5O2S/c32-24(15-22-18-34-26(29-22)31-14-3-7-25(31)33)27-16-21-5-1-2-6-23(21)20-10-8-19(9-11-20)17-30-13-4-12-28-30/h1-2,4-6,8-13,18H,3,7,14-17H2,(H,27,32). The molecule has 1 aliphatic rings. The third kappa shape index (κ3) is 5.07. The van der Waals surface area contributed by atoms with Crippen molar-refractivity contribution in [2.75, 3.05) is 11.4 Å². The van der Waals surface area contributed by atoms with Crippen LogP contribution in [-0.4, -0.2) is 33.1 Å². The van der Waals surface area contributed by atoms with E-state index in [1.165, 1.54) is 16.9 Å². The summed E-state index contributed by atoms with van der Waals surface area (Å²) < 4.78 is 1.90. The van der Waals surface area contributed by atoms with Gasteiger partial charge in [-0.1, -0.05) is 48.5 Å². The van der Waals surface area contributed by atoms with Gasteiger partial charge in [-0.05, 0) is 34.7 Å². The molecule has 2 aromatic heterocycles. The molecule has 3 heterocycles. The fourth-order valence-electron chi connectivity index (χ4n) is 4.10. The van der Waals surface area contributed by atoms with Crippen molar-refractivity contribution in [2.45, 2.75) is 32.4 Å². The van der Waals surface area contributed by atoms with Gasteiger partial charge < -0.3 is 5.32 Å². The highest BCUT2D eigenvalue weighted by molar-refractivity contribution is 7.14. The Labute approximate surface area is 202 Å². The number of carbonyl (C=O) groups excluding carboxylic acids is 2. The number of nitrogens with one attached hydrogen (secondary N) is 1. The lowest BCUT2D eigenvalue weighted by molar-refractivity contribution is -0.120. The Morgan fingerprint density at radius 2 is 1.94 bits per heavy atom. The summed E-state index contributed by atoms with van der Waals surface area (Å²) >= 11 is 1.42. The number of benzene rings is 2. The van der Waals surface area contributed by atoms with Crippen LogP contribution in [0.25, 0.3) is 11.1 Å². The van der Waals surface area contributed by atoms with E-state index >= 15 is 0 Å². The predicted molar refractivity (Wildman–Crippen MR) is 132 cm³/mol. The first-order valence-electron chi connectivity index (χ1n) is 11.3. The number of thiazole rings is 1. The third-order valence-corrected chi connectivity index (χ3v) is 6.76. The van der Waals surface area contributed by atoms with Crippen LogP contribution in [0.1, 0.15) is 29.7 Å². The lowest BCUT2D eigenvalue weighted by atomic mass is 9.98. The Morgan fingerprint density at radius 3 is 2.71 bits per heavy atom. The number of hydrogen-bond acceptors (Lipinski definition) is 5. The lowest BCUT2D eigenvalue weighted by Gasteiger charge is -2.12. The van der Waals surface area contributed by atoms with E-state index in [1.807, 2.05) is 40.5 Å². The molecule has 0 bridgehead atoms. The molecule has 8 heteroatoms. The van der Waals surface area contributed by atoms with Crippen LogP contribution in [-0.2, 0) is 29.1 Å². The zero-order chi connectivity index (χ0) is 23.3. The van der Waals surface area contributed by atoms with Gasteiger partial charge in [0.1, 0.15) is 0 Å². The minimum Gasteiger partial charge on any atom is -0.352 e. The van der Waals surface area contributed by atoms with Crippen molar-refractivity contribution in [3.8, 4) is 11.1 Å². The molecule has 34 heavy (non-hydrogen) atoms. The van der Waals surface area contributed by atoms with E-state index in [0.29, 0.717) is 30.3 Å². The number of rotatable bonds is 8. The summed E-state index contributed by atoms with van der Waals surface area (Å²) in [6.07, 6.45) is 5.36. The largest absolute Gasteiger partial charge is 0.352 e. The molecule has 1 fully saturated rings. The van der Waals surface area contributed by atoms with Crippen LogP contribution in [0, 0.1) is 0 Å². The highest BCUT2D eigenvalue weighted by atomic mass is 32.1. The first-order valence-corrected chi connectivity index (χ1v) is 12.2. The molecule has 5 rings (SSSR count). The monoisotopic (exact) mass is 471 g/mol. The minimum atomic E-state index is -0.0889. The molecule has 0 saturated carbocycles. The van der Waals surface area contributed by atoms with Gasteiger partial charge in [-0.2, -0.15) is 5.10 Å². The van der Waals surface area contributed by atoms with E-state index in [9.17, 15) is 9.59 Å². The Balaban J connectivity index is 1.21. The molecule has 1 saturated heterocycles. The number of carbonyl (C=O) groups is 2. The fraction of sp³-hybridized carbons (Fsp3) is 0.231. The van der Waals surface area contributed by atoms with Gasteiger partial charge in [0.05, 0.1) is 18.7 Å². The van der Waals surface area contributed by atoms with Crippen molar-refractivity contribution in [3.63, 3.8) is 0 Å². The maximum absolute atomic E-state index is 12.6. The Bertz CT molecular complexity index is 1280. The van der Waals surface area contributed by atoms with Crippen LogP contribution in [0.15, 0.2) is 72.4 Å². The van der Waals surface area contributed by atoms with Crippen molar-refractivity contribution in [2.24, 2.45) is 0 Å². The number of hydrogen-bond donors (Lipinski definition) is 1. The van der Waals surface area contributed by atoms with Crippen LogP contribution in [0.4, 0.5) is 5.13 Å². The molecular weight excluding hydrogens is 446 g/mol. The number of amides is 2. The van der Waals surface area contributed by atoms with Gasteiger partial charge in [0.15, 0.2) is 5.13 Å². The van der Waals surface area contributed by atoms with Crippen molar-refractivity contribution < 1.29 is 9.59 Å². The highest BCUT2D eigenvalue weighted by Crippen LogP contribution is 2.26. The molecule has 0 spiro atoms. The number of aromatic nitrogens is 3. The molecule has 4 aromatic rings. The van der Waals surface area contributed by atoms with Gasteiger partial charge in [-0.3, -0.25) is 19.2 Å². The molecule has 0 radical (unpaired) electrons. The zero-order valence-corrected chi connectivity index (χ0v) is 19.5. The molecular formula is C26H25N5O2S. The van der Waals surface area contributed by atoms with E-state index in [4.69, 9.17) is 0 Å². The second-order valence-electron chi connectivity index (χ2n) is 8.28. The van der Waals surface area contributed by atoms with Gasteiger partial charge in [0.2, 0.25) is 11.8 Å². The van der Waals surface area contributed by atoms with Crippen molar-refractivity contribution in [3.05, 3.63) is 89.2 Å². The summed E-state index contributed by atoms with van der Waals surface area (Å²) in [4.78, 5) is 30.7. The van der Waals surface area contributed by atoms with Crippen LogP contribution >= 0.6 is 11.3 Å². The molecule has 0 atom stereocenters. The number of nitrogens with zero attached hydrogens (tertiary/aromatic N) is 4. The molecule has 172 valence electrons. The van der Waals surface area contributed by atoms with Crippen molar-refractivity contribution >= 4 is 28.3 Å². The summed E-state index contributed by atoms with van der Waals surface area (Å²) in [6, 6.07) is 18.4. The summed E-state index contributed by atoms with van der Waals surface area (Å²) in [5.41, 5.74) is 5.12. The van der Waals surface area contributed by atoms with Crippen LogP contribution < -0.4 is 10.2 Å². The summed E-state index contributed by atoms with van der Waals surface area (Å²) in [5.74, 6) is 0.0188. The van der Waals surface area contributed by atoms with E-state index in [1.54, 1.807) is 11.1 Å². The summed E-state index contributed by atoms with van der Waals surface area (Å²) in [6.45, 7) is 1.87. The molecule has 0 unspecified atom stereocenters. The van der Waals surface area contributed by atoms with E-state index in [2.05, 4.69) is 45.7 Å². The topological polar surface area (TPSA) is 80.1 Å². The van der Waals surface area contributed by atoms with E-state index < -0.39 is 0 Å². The lowest BCUT2D eigenvalue weighted by Crippen LogP contribution is -2.25. The zero-order valence-electron chi connectivity index (χ0n) is 18.7. The average Bonchev–Trinajstić information content (AvgIpc) is 3.61. The average molecular weight is 472 g/mol. The van der Waals surface area contributed by atoms with Crippen molar-refractivity contribution in [1.82, 2.24) is 20.1 Å². The van der Waals surface area contributed by atoms with Gasteiger partial charge in [0, 0.05) is 37.3 Å². The maximum Gasteiger partial charge on any atom is 0.228 e. The molecule has 2 aromatic carbocycles. The molecule has 2 amide bonds. The van der Waals surface area contributed by atoms with Gasteiger partial charge in [-0.15, -0.1) is 11.3 Å². The van der Waals surface area contributed by atoms with Crippen LogP contribution in [0.3, 0.4) is 0 Å². The van der Waals surface area contributed by atoms with Gasteiger partial charge in [-0.25, -0.2) is 4.98 Å². The fourth-order valence-corrected chi connectivity index (χ4v) is 4.97. The quantitative estimate of drug-likeness (QED) is 0.421. The highest BCUT2D eigenvalue weighted by Gasteiger charge is 2.24. The second-order valence-corrected chi connectivity index (χ2v) is 9.12. The first-order chi connectivity index (χ1) is 16.7. The Hall–Kier alpha value is -3.78. The van der Waals surface area contributed by atoms with E-state index in [0.717, 1.165) is 29.7 Å². The van der Waals surface area contributed by atoms with Crippen molar-refractivity contribution in [1.29, 1.82) is 0 Å². The molecule has 0 aliphatic carbocycles. The van der Waals surface area contributed by atoms with Gasteiger partial charge in [0.25, 0.3) is 0 Å². The van der Waals surface area contributed by atoms with Gasteiger partial charge >= 0.3 is 0 Å². The maximum atomic E-state index is 12.6. The Kier molecular flexibility index (Phi) is 6.49. The molecule has 7 nitrogen and oxygen atoms in total. The first kappa shape index (κ1) is 22.0. The smallest absolute Gasteiger partial charge is 0.228 e. The molecule has 1 N–H and O–H groups in total. The van der Waals surface area contributed by atoms with Crippen LogP contribution in [0.5, 0.6) is 0 Å².